The van der Waals surface area contributed by atoms with Crippen LogP contribution in [-0.2, 0) is 10.8 Å². The number of aliphatic imine (C=N–C) groups is 1. The second kappa shape index (κ2) is 12.8. The molecule has 6 aromatic rings. The lowest BCUT2D eigenvalue weighted by Gasteiger charge is -2.29. The normalized spacial score (nSPS) is 12.3. The van der Waals surface area contributed by atoms with Gasteiger partial charge in [-0.3, -0.25) is 4.99 Å². The van der Waals surface area contributed by atoms with E-state index in [1.54, 1.807) is 19.4 Å². The van der Waals surface area contributed by atoms with E-state index in [0.717, 1.165) is 61.0 Å². The highest BCUT2D eigenvalue weighted by atomic mass is 35.5. The Morgan fingerprint density at radius 3 is 1.96 bits per heavy atom. The number of halogens is 2. The molecule has 0 saturated heterocycles. The van der Waals surface area contributed by atoms with Crippen molar-refractivity contribution in [2.24, 2.45) is 4.99 Å². The molecule has 0 aliphatic carbocycles. The number of ether oxygens (including phenoxy) is 1. The van der Waals surface area contributed by atoms with Gasteiger partial charge in [0.1, 0.15) is 11.5 Å². The molecule has 0 saturated carbocycles. The minimum absolute atomic E-state index is 0.0693. The molecule has 48 heavy (non-hydrogen) atoms. The molecular formula is C42H40Cl2N2O2. The van der Waals surface area contributed by atoms with Crippen LogP contribution in [0.4, 0.5) is 17.1 Å². The van der Waals surface area contributed by atoms with Gasteiger partial charge in [0.15, 0.2) is 0 Å². The third kappa shape index (κ3) is 6.48. The van der Waals surface area contributed by atoms with Gasteiger partial charge in [0.25, 0.3) is 0 Å². The number of aromatic hydroxyl groups is 1. The number of anilines is 2. The Hall–Kier alpha value is -4.51. The molecule has 6 heteroatoms. The first kappa shape index (κ1) is 33.4. The lowest BCUT2D eigenvalue weighted by molar-refractivity contribution is 0.398. The molecule has 0 unspecified atom stereocenters. The van der Waals surface area contributed by atoms with Crippen LogP contribution in [0.3, 0.4) is 0 Å². The summed E-state index contributed by atoms with van der Waals surface area (Å²) in [4.78, 5) is 4.97. The fourth-order valence-corrected chi connectivity index (χ4v) is 6.68. The molecule has 2 N–H and O–H groups in total. The molecule has 0 radical (unpaired) electrons. The van der Waals surface area contributed by atoms with Crippen molar-refractivity contribution >= 4 is 68.0 Å². The number of fused-ring (bicyclic) bond motifs is 2. The fourth-order valence-electron chi connectivity index (χ4n) is 6.18. The minimum atomic E-state index is -0.151. The molecule has 4 nitrogen and oxygen atoms in total. The summed E-state index contributed by atoms with van der Waals surface area (Å²) in [5.41, 5.74) is 7.06. The molecule has 0 aliphatic rings. The molecule has 0 spiro atoms. The second-order valence-electron chi connectivity index (χ2n) is 14.2. The molecule has 0 bridgehead atoms. The van der Waals surface area contributed by atoms with E-state index in [-0.39, 0.29) is 21.6 Å². The SMILES string of the molecule is COc1c(Nc2ccc3ccccc3c2-c2c(N=Cc3cc(Cl)cc(Cl)c3O)ccc3ccccc23)cc(C(C)(C)C)cc1C(C)(C)C. The van der Waals surface area contributed by atoms with Crippen LogP contribution in [0.2, 0.25) is 10.0 Å². The summed E-state index contributed by atoms with van der Waals surface area (Å²) in [6.45, 7) is 13.3. The standard InChI is InChI=1S/C42H40Cl2N2O2/c1-41(2,3)28-21-32(42(4,5)6)40(48-7)36(22-28)46-35-19-17-26-13-9-11-15-31(26)38(35)37-30-14-10-8-12-25(30)16-18-34(37)45-24-27-20-29(43)23-33(44)39(27)47/h8-24,46-47H,1-7H3. The molecule has 6 rings (SSSR count). The van der Waals surface area contributed by atoms with Crippen LogP contribution in [0.15, 0.2) is 102 Å². The summed E-state index contributed by atoms with van der Waals surface area (Å²) < 4.78 is 6.16. The van der Waals surface area contributed by atoms with Crippen molar-refractivity contribution in [1.82, 2.24) is 0 Å². The van der Waals surface area contributed by atoms with E-state index in [9.17, 15) is 5.11 Å². The number of phenolic OH excluding ortho intramolecular Hbond substituents is 1. The number of nitrogens with zero attached hydrogens (tertiary/aromatic N) is 1. The molecule has 0 aromatic heterocycles. The van der Waals surface area contributed by atoms with Gasteiger partial charge in [-0.2, -0.15) is 0 Å². The van der Waals surface area contributed by atoms with Gasteiger partial charge >= 0.3 is 0 Å². The van der Waals surface area contributed by atoms with E-state index in [0.29, 0.717) is 10.6 Å². The largest absolute Gasteiger partial charge is 0.506 e. The third-order valence-corrected chi connectivity index (χ3v) is 9.23. The van der Waals surface area contributed by atoms with Crippen molar-refractivity contribution in [2.75, 3.05) is 12.4 Å². The van der Waals surface area contributed by atoms with E-state index in [1.807, 2.05) is 18.2 Å². The van der Waals surface area contributed by atoms with Crippen LogP contribution in [0, 0.1) is 0 Å². The van der Waals surface area contributed by atoms with Gasteiger partial charge in [0.2, 0.25) is 0 Å². The highest BCUT2D eigenvalue weighted by Gasteiger charge is 2.27. The van der Waals surface area contributed by atoms with Crippen molar-refractivity contribution in [3.05, 3.63) is 124 Å². The first-order valence-corrected chi connectivity index (χ1v) is 16.8. The van der Waals surface area contributed by atoms with Gasteiger partial charge in [-0.1, -0.05) is 131 Å². The zero-order valence-electron chi connectivity index (χ0n) is 28.4. The van der Waals surface area contributed by atoms with E-state index in [1.165, 1.54) is 11.6 Å². The predicted octanol–water partition coefficient (Wildman–Crippen LogP) is 12.8. The van der Waals surface area contributed by atoms with Crippen molar-refractivity contribution in [3.63, 3.8) is 0 Å². The summed E-state index contributed by atoms with van der Waals surface area (Å²) in [7, 11) is 1.74. The van der Waals surface area contributed by atoms with Crippen LogP contribution >= 0.6 is 23.2 Å². The third-order valence-electron chi connectivity index (χ3n) is 8.72. The second-order valence-corrected chi connectivity index (χ2v) is 15.0. The number of phenols is 1. The van der Waals surface area contributed by atoms with Crippen molar-refractivity contribution in [1.29, 1.82) is 0 Å². The summed E-state index contributed by atoms with van der Waals surface area (Å²) in [5, 5.41) is 19.5. The van der Waals surface area contributed by atoms with E-state index >= 15 is 0 Å². The van der Waals surface area contributed by atoms with Crippen LogP contribution in [0.1, 0.15) is 58.2 Å². The zero-order chi connectivity index (χ0) is 34.4. The molecule has 0 aliphatic heterocycles. The van der Waals surface area contributed by atoms with E-state index in [2.05, 4.69) is 114 Å². The summed E-state index contributed by atoms with van der Waals surface area (Å²) in [6.07, 6.45) is 1.62. The zero-order valence-corrected chi connectivity index (χ0v) is 29.9. The number of hydrogen-bond donors (Lipinski definition) is 2. The summed E-state index contributed by atoms with van der Waals surface area (Å²) in [5.74, 6) is 0.749. The van der Waals surface area contributed by atoms with Crippen molar-refractivity contribution in [2.45, 2.75) is 52.4 Å². The highest BCUT2D eigenvalue weighted by molar-refractivity contribution is 6.36. The average Bonchev–Trinajstić information content (AvgIpc) is 3.04. The molecule has 0 amide bonds. The maximum absolute atomic E-state index is 10.7. The lowest BCUT2D eigenvalue weighted by Crippen LogP contribution is -2.18. The minimum Gasteiger partial charge on any atom is -0.506 e. The summed E-state index contributed by atoms with van der Waals surface area (Å²) >= 11 is 12.6. The Balaban J connectivity index is 1.66. The quantitative estimate of drug-likeness (QED) is 0.173. The van der Waals surface area contributed by atoms with E-state index < -0.39 is 0 Å². The number of nitrogens with one attached hydrogen (secondary N) is 1. The van der Waals surface area contributed by atoms with Gasteiger partial charge in [0, 0.05) is 39.2 Å². The Morgan fingerprint density at radius 2 is 1.33 bits per heavy atom. The smallest absolute Gasteiger partial charge is 0.146 e. The van der Waals surface area contributed by atoms with Gasteiger partial charge in [0.05, 0.1) is 23.5 Å². The Labute approximate surface area is 293 Å². The highest BCUT2D eigenvalue weighted by Crippen LogP contribution is 2.48. The Morgan fingerprint density at radius 1 is 0.708 bits per heavy atom. The number of hydrogen-bond acceptors (Lipinski definition) is 4. The van der Waals surface area contributed by atoms with Crippen LogP contribution in [0.25, 0.3) is 32.7 Å². The van der Waals surface area contributed by atoms with E-state index in [4.69, 9.17) is 32.9 Å². The van der Waals surface area contributed by atoms with Gasteiger partial charge in [-0.05, 0) is 68.3 Å². The molecule has 244 valence electrons. The maximum atomic E-state index is 10.7. The lowest BCUT2D eigenvalue weighted by atomic mass is 9.79. The van der Waals surface area contributed by atoms with Crippen molar-refractivity contribution < 1.29 is 9.84 Å². The van der Waals surface area contributed by atoms with Crippen LogP contribution < -0.4 is 10.1 Å². The average molecular weight is 676 g/mol. The number of methoxy groups -OCH3 is 1. The summed E-state index contributed by atoms with van der Waals surface area (Å²) in [6, 6.07) is 32.7. The number of benzene rings is 6. The monoisotopic (exact) mass is 674 g/mol. The Bertz CT molecular complexity index is 2210. The predicted molar refractivity (Wildman–Crippen MR) is 206 cm³/mol. The molecule has 0 fully saturated rings. The van der Waals surface area contributed by atoms with Crippen LogP contribution in [0.5, 0.6) is 11.5 Å². The number of rotatable bonds is 6. The topological polar surface area (TPSA) is 53.8 Å². The van der Waals surface area contributed by atoms with Gasteiger partial charge in [-0.25, -0.2) is 0 Å². The van der Waals surface area contributed by atoms with Crippen molar-refractivity contribution in [3.8, 4) is 22.6 Å². The molecule has 6 aromatic carbocycles. The first-order valence-electron chi connectivity index (χ1n) is 16.0. The molecule has 0 heterocycles. The maximum Gasteiger partial charge on any atom is 0.146 e. The Kier molecular flexibility index (Phi) is 8.93. The first-order chi connectivity index (χ1) is 22.8. The molecular weight excluding hydrogens is 635 g/mol. The molecule has 0 atom stereocenters. The van der Waals surface area contributed by atoms with Crippen LogP contribution in [-0.4, -0.2) is 18.4 Å². The van der Waals surface area contributed by atoms with Gasteiger partial charge in [-0.15, -0.1) is 0 Å². The van der Waals surface area contributed by atoms with Gasteiger partial charge < -0.3 is 15.2 Å². The fraction of sp³-hybridized carbons (Fsp3) is 0.214.